The maximum absolute atomic E-state index is 12.4. The van der Waals surface area contributed by atoms with Gasteiger partial charge in [-0.1, -0.05) is 44.5 Å². The highest BCUT2D eigenvalue weighted by Gasteiger charge is 2.39. The van der Waals surface area contributed by atoms with Gasteiger partial charge in [0.25, 0.3) is 0 Å². The van der Waals surface area contributed by atoms with Crippen molar-refractivity contribution < 1.29 is 9.90 Å². The molecule has 0 radical (unpaired) electrons. The molecule has 0 saturated heterocycles. The van der Waals surface area contributed by atoms with E-state index in [9.17, 15) is 9.90 Å². The topological polar surface area (TPSA) is 37.3 Å². The molecule has 2 heteroatoms. The van der Waals surface area contributed by atoms with Gasteiger partial charge in [-0.2, -0.15) is 0 Å². The van der Waals surface area contributed by atoms with Gasteiger partial charge in [0.2, 0.25) is 0 Å². The van der Waals surface area contributed by atoms with Gasteiger partial charge in [0.05, 0.1) is 5.41 Å². The molecule has 1 aliphatic rings. The van der Waals surface area contributed by atoms with E-state index in [1.54, 1.807) is 0 Å². The van der Waals surface area contributed by atoms with Crippen LogP contribution in [0.25, 0.3) is 5.76 Å². The molecule has 2 rings (SSSR count). The summed E-state index contributed by atoms with van der Waals surface area (Å²) in [5.41, 5.74) is 1.27. The summed E-state index contributed by atoms with van der Waals surface area (Å²) in [5, 5.41) is 9.93. The quantitative estimate of drug-likeness (QED) is 0.876. The Morgan fingerprint density at radius 1 is 1.32 bits per heavy atom. The van der Waals surface area contributed by atoms with Gasteiger partial charge in [-0.25, -0.2) is 0 Å². The lowest BCUT2D eigenvalue weighted by molar-refractivity contribution is -0.119. The molecule has 0 aliphatic heterocycles. The van der Waals surface area contributed by atoms with Crippen molar-refractivity contribution in [3.8, 4) is 0 Å². The molecular weight excluding hydrogens is 236 g/mol. The van der Waals surface area contributed by atoms with Crippen molar-refractivity contribution >= 4 is 11.5 Å². The summed E-state index contributed by atoms with van der Waals surface area (Å²) in [5.74, 6) is 0.741. The SMILES string of the molecule is CC[C@H](C)CCC1(C)C(=O)C=C(O)c2ccccc21. The van der Waals surface area contributed by atoms with E-state index < -0.39 is 5.41 Å². The summed E-state index contributed by atoms with van der Waals surface area (Å²) >= 11 is 0. The Kier molecular flexibility index (Phi) is 3.79. The predicted molar refractivity (Wildman–Crippen MR) is 78.1 cm³/mol. The number of carbonyl (C=O) groups is 1. The van der Waals surface area contributed by atoms with E-state index in [2.05, 4.69) is 13.8 Å². The van der Waals surface area contributed by atoms with Gasteiger partial charge in [-0.05, 0) is 31.2 Å². The molecule has 2 nitrogen and oxygen atoms in total. The summed E-state index contributed by atoms with van der Waals surface area (Å²) < 4.78 is 0. The molecule has 0 bridgehead atoms. The second kappa shape index (κ2) is 5.20. The van der Waals surface area contributed by atoms with Crippen LogP contribution in [0.3, 0.4) is 0 Å². The highest BCUT2D eigenvalue weighted by molar-refractivity contribution is 6.06. The Balaban J connectivity index is 2.37. The number of hydrogen-bond acceptors (Lipinski definition) is 2. The van der Waals surface area contributed by atoms with Gasteiger partial charge in [-0.3, -0.25) is 4.79 Å². The van der Waals surface area contributed by atoms with Crippen LogP contribution in [-0.4, -0.2) is 10.9 Å². The molecule has 102 valence electrons. The van der Waals surface area contributed by atoms with Gasteiger partial charge in [0.15, 0.2) is 5.78 Å². The third kappa shape index (κ3) is 2.44. The first kappa shape index (κ1) is 13.9. The summed E-state index contributed by atoms with van der Waals surface area (Å²) in [6.45, 7) is 6.39. The summed E-state index contributed by atoms with van der Waals surface area (Å²) in [6, 6.07) is 7.68. The molecule has 1 unspecified atom stereocenters. The molecule has 1 aromatic carbocycles. The first-order valence-electron chi connectivity index (χ1n) is 7.04. The minimum Gasteiger partial charge on any atom is -0.507 e. The van der Waals surface area contributed by atoms with Crippen LogP contribution >= 0.6 is 0 Å². The first-order chi connectivity index (χ1) is 8.99. The Hall–Kier alpha value is -1.57. The van der Waals surface area contributed by atoms with Crippen LogP contribution in [0, 0.1) is 5.92 Å². The number of carbonyl (C=O) groups excluding carboxylic acids is 1. The number of fused-ring (bicyclic) bond motifs is 1. The average molecular weight is 258 g/mol. The van der Waals surface area contributed by atoms with Crippen molar-refractivity contribution in [3.05, 3.63) is 41.5 Å². The molecule has 1 aromatic rings. The molecule has 0 aromatic heterocycles. The molecular formula is C17H22O2. The largest absolute Gasteiger partial charge is 0.507 e. The minimum absolute atomic E-state index is 0.0204. The number of aliphatic hydroxyl groups excluding tert-OH is 1. The third-order valence-corrected chi connectivity index (χ3v) is 4.44. The molecule has 0 heterocycles. The number of ketones is 1. The Labute approximate surface area is 115 Å². The van der Waals surface area contributed by atoms with E-state index >= 15 is 0 Å². The number of hydrogen-bond donors (Lipinski definition) is 1. The molecule has 19 heavy (non-hydrogen) atoms. The van der Waals surface area contributed by atoms with Crippen LogP contribution in [0.5, 0.6) is 0 Å². The van der Waals surface area contributed by atoms with Crippen molar-refractivity contribution in [2.45, 2.75) is 45.4 Å². The van der Waals surface area contributed by atoms with Gasteiger partial charge < -0.3 is 5.11 Å². The Morgan fingerprint density at radius 2 is 2.00 bits per heavy atom. The van der Waals surface area contributed by atoms with Gasteiger partial charge in [0, 0.05) is 11.6 Å². The van der Waals surface area contributed by atoms with Gasteiger partial charge in [0.1, 0.15) is 5.76 Å². The van der Waals surface area contributed by atoms with Crippen LogP contribution < -0.4 is 0 Å². The lowest BCUT2D eigenvalue weighted by Gasteiger charge is -2.33. The minimum atomic E-state index is -0.494. The van der Waals surface area contributed by atoms with Crippen molar-refractivity contribution in [2.24, 2.45) is 5.92 Å². The van der Waals surface area contributed by atoms with Gasteiger partial charge in [-0.15, -0.1) is 0 Å². The Bertz CT molecular complexity index is 516. The van der Waals surface area contributed by atoms with Crippen LogP contribution in [0.15, 0.2) is 30.3 Å². The van der Waals surface area contributed by atoms with E-state index in [-0.39, 0.29) is 11.5 Å². The number of rotatable bonds is 4. The monoisotopic (exact) mass is 258 g/mol. The summed E-state index contributed by atoms with van der Waals surface area (Å²) in [7, 11) is 0. The summed E-state index contributed by atoms with van der Waals surface area (Å²) in [6.07, 6.45) is 4.38. The maximum Gasteiger partial charge on any atom is 0.169 e. The highest BCUT2D eigenvalue weighted by Crippen LogP contribution is 2.40. The van der Waals surface area contributed by atoms with Crippen LogP contribution in [0.4, 0.5) is 0 Å². The average Bonchev–Trinajstić information content (AvgIpc) is 2.43. The van der Waals surface area contributed by atoms with Crippen LogP contribution in [0.2, 0.25) is 0 Å². The van der Waals surface area contributed by atoms with E-state index in [0.717, 1.165) is 30.4 Å². The number of benzene rings is 1. The highest BCUT2D eigenvalue weighted by atomic mass is 16.3. The smallest absolute Gasteiger partial charge is 0.169 e. The fraction of sp³-hybridized carbons (Fsp3) is 0.471. The summed E-state index contributed by atoms with van der Waals surface area (Å²) in [4.78, 5) is 12.4. The lowest BCUT2D eigenvalue weighted by atomic mass is 9.69. The standard InChI is InChI=1S/C17H22O2/c1-4-12(2)9-10-17(3)14-8-6-5-7-13(14)15(18)11-16(17)19/h5-8,11-12,18H,4,9-10H2,1-3H3/t12-,17?/m0/s1. The molecule has 0 amide bonds. The molecule has 0 fully saturated rings. The first-order valence-corrected chi connectivity index (χ1v) is 7.04. The third-order valence-electron chi connectivity index (χ3n) is 4.44. The van der Waals surface area contributed by atoms with Crippen molar-refractivity contribution in [1.82, 2.24) is 0 Å². The molecule has 1 N–H and O–H groups in total. The van der Waals surface area contributed by atoms with Gasteiger partial charge >= 0.3 is 0 Å². The van der Waals surface area contributed by atoms with Crippen molar-refractivity contribution in [3.63, 3.8) is 0 Å². The Morgan fingerprint density at radius 3 is 2.68 bits per heavy atom. The van der Waals surface area contributed by atoms with E-state index in [0.29, 0.717) is 5.92 Å². The van der Waals surface area contributed by atoms with E-state index in [4.69, 9.17) is 0 Å². The zero-order valence-electron chi connectivity index (χ0n) is 11.9. The maximum atomic E-state index is 12.4. The molecule has 0 saturated carbocycles. The van der Waals surface area contributed by atoms with Crippen LogP contribution in [-0.2, 0) is 10.2 Å². The number of aliphatic hydroxyl groups is 1. The fourth-order valence-electron chi connectivity index (χ4n) is 2.68. The van der Waals surface area contributed by atoms with Crippen molar-refractivity contribution in [1.29, 1.82) is 0 Å². The zero-order chi connectivity index (χ0) is 14.0. The second-order valence-corrected chi connectivity index (χ2v) is 5.82. The van der Waals surface area contributed by atoms with Crippen LogP contribution in [0.1, 0.15) is 51.2 Å². The zero-order valence-corrected chi connectivity index (χ0v) is 11.9. The fourth-order valence-corrected chi connectivity index (χ4v) is 2.68. The normalized spacial score (nSPS) is 23.7. The number of allylic oxidation sites excluding steroid dienone is 1. The second-order valence-electron chi connectivity index (χ2n) is 5.82. The lowest BCUT2D eigenvalue weighted by Crippen LogP contribution is -2.35. The van der Waals surface area contributed by atoms with E-state index in [1.165, 1.54) is 6.08 Å². The molecule has 0 spiro atoms. The molecule has 1 aliphatic carbocycles. The molecule has 2 atom stereocenters. The van der Waals surface area contributed by atoms with Crippen molar-refractivity contribution in [2.75, 3.05) is 0 Å². The van der Waals surface area contributed by atoms with E-state index in [1.807, 2.05) is 31.2 Å². The predicted octanol–water partition coefficient (Wildman–Crippen LogP) is 4.25.